The maximum Gasteiger partial charge on any atom is 0.219 e. The van der Waals surface area contributed by atoms with Gasteiger partial charge in [0.2, 0.25) is 5.88 Å². The van der Waals surface area contributed by atoms with E-state index in [-0.39, 0.29) is 24.0 Å². The van der Waals surface area contributed by atoms with Crippen molar-refractivity contribution in [3.8, 4) is 17.4 Å². The van der Waals surface area contributed by atoms with E-state index in [2.05, 4.69) is 26.7 Å². The Morgan fingerprint density at radius 2 is 2.04 bits per heavy atom. The highest BCUT2D eigenvalue weighted by atomic mass is 127. The van der Waals surface area contributed by atoms with Crippen molar-refractivity contribution in [2.75, 3.05) is 13.7 Å². The number of thiophene rings is 1. The van der Waals surface area contributed by atoms with Crippen molar-refractivity contribution in [2.45, 2.75) is 13.0 Å². The fraction of sp³-hybridized carbons (Fsp3) is 0.200. The van der Waals surface area contributed by atoms with Crippen molar-refractivity contribution in [1.82, 2.24) is 10.3 Å². The summed E-state index contributed by atoms with van der Waals surface area (Å²) in [7, 11) is 1.62. The Labute approximate surface area is 185 Å². The van der Waals surface area contributed by atoms with Gasteiger partial charge in [-0.1, -0.05) is 18.2 Å². The zero-order chi connectivity index (χ0) is 18.9. The van der Waals surface area contributed by atoms with Gasteiger partial charge in [0.25, 0.3) is 0 Å². The molecule has 0 atom stereocenters. The van der Waals surface area contributed by atoms with Crippen LogP contribution >= 0.6 is 35.3 Å². The summed E-state index contributed by atoms with van der Waals surface area (Å²) in [5.41, 5.74) is 6.86. The minimum atomic E-state index is 0. The van der Waals surface area contributed by atoms with Gasteiger partial charge in [0, 0.05) is 29.8 Å². The molecule has 0 spiro atoms. The lowest BCUT2D eigenvalue weighted by atomic mass is 10.3. The minimum Gasteiger partial charge on any atom is -0.497 e. The average Bonchev–Trinajstić information content (AvgIpc) is 3.21. The molecule has 6 nitrogen and oxygen atoms in total. The fourth-order valence-corrected chi connectivity index (χ4v) is 3.06. The highest BCUT2D eigenvalue weighted by molar-refractivity contribution is 14.0. The molecule has 0 amide bonds. The summed E-state index contributed by atoms with van der Waals surface area (Å²) < 4.78 is 10.9. The number of hydrogen-bond donors (Lipinski definition) is 2. The van der Waals surface area contributed by atoms with E-state index in [9.17, 15) is 0 Å². The van der Waals surface area contributed by atoms with Gasteiger partial charge >= 0.3 is 0 Å². The van der Waals surface area contributed by atoms with Crippen molar-refractivity contribution in [1.29, 1.82) is 0 Å². The second-order valence-electron chi connectivity index (χ2n) is 5.74. The van der Waals surface area contributed by atoms with Crippen LogP contribution in [0.25, 0.3) is 0 Å². The van der Waals surface area contributed by atoms with Crippen LogP contribution in [0, 0.1) is 0 Å². The first-order valence-corrected chi connectivity index (χ1v) is 9.44. The first kappa shape index (κ1) is 22.0. The number of nitrogens with one attached hydrogen (secondary N) is 1. The summed E-state index contributed by atoms with van der Waals surface area (Å²) >= 11 is 1.74. The molecule has 0 saturated heterocycles. The summed E-state index contributed by atoms with van der Waals surface area (Å²) in [6, 6.07) is 15.3. The first-order valence-electron chi connectivity index (χ1n) is 8.56. The van der Waals surface area contributed by atoms with Gasteiger partial charge < -0.3 is 20.5 Å². The lowest BCUT2D eigenvalue weighted by molar-refractivity contribution is 0.407. The third-order valence-corrected chi connectivity index (χ3v) is 4.69. The molecule has 1 aromatic carbocycles. The van der Waals surface area contributed by atoms with Gasteiger partial charge in [0.05, 0.1) is 13.7 Å². The van der Waals surface area contributed by atoms with Crippen LogP contribution in [0.1, 0.15) is 10.4 Å². The minimum absolute atomic E-state index is 0. The summed E-state index contributed by atoms with van der Waals surface area (Å²) in [4.78, 5) is 9.98. The second-order valence-corrected chi connectivity index (χ2v) is 6.78. The third-order valence-electron chi connectivity index (χ3n) is 3.75. The van der Waals surface area contributed by atoms with E-state index < -0.39 is 0 Å². The number of ether oxygens (including phenoxy) is 2. The van der Waals surface area contributed by atoms with Crippen LogP contribution in [0.15, 0.2) is 65.1 Å². The van der Waals surface area contributed by atoms with Crippen LogP contribution in [0.3, 0.4) is 0 Å². The van der Waals surface area contributed by atoms with E-state index in [1.54, 1.807) is 24.6 Å². The summed E-state index contributed by atoms with van der Waals surface area (Å²) in [6.07, 6.45) is 2.67. The first-order chi connectivity index (χ1) is 13.2. The third kappa shape index (κ3) is 7.01. The zero-order valence-electron chi connectivity index (χ0n) is 15.5. The Morgan fingerprint density at radius 3 is 2.75 bits per heavy atom. The van der Waals surface area contributed by atoms with E-state index in [0.29, 0.717) is 24.1 Å². The molecule has 0 aliphatic rings. The van der Waals surface area contributed by atoms with E-state index >= 15 is 0 Å². The molecular formula is C20H23IN4O2S. The number of nitrogens with two attached hydrogens (primary N) is 1. The SMILES string of the molecule is COc1cccc(Oc2ccc(CN=C(N)NCCc3cccs3)cn2)c1.I. The predicted molar refractivity (Wildman–Crippen MR) is 124 cm³/mol. The van der Waals surface area contributed by atoms with Crippen LogP contribution in [0.5, 0.6) is 17.4 Å². The largest absolute Gasteiger partial charge is 0.497 e. The number of aromatic nitrogens is 1. The zero-order valence-corrected chi connectivity index (χ0v) is 18.6. The quantitative estimate of drug-likeness (QED) is 0.270. The molecule has 0 bridgehead atoms. The topological polar surface area (TPSA) is 81.8 Å². The number of nitrogens with zero attached hydrogens (tertiary/aromatic N) is 2. The number of methoxy groups -OCH3 is 1. The second kappa shape index (κ2) is 11.5. The Bertz CT molecular complexity index is 870. The molecule has 0 saturated carbocycles. The molecule has 148 valence electrons. The van der Waals surface area contributed by atoms with Gasteiger partial charge in [-0.25, -0.2) is 9.98 Å². The molecule has 0 unspecified atom stereocenters. The number of pyridine rings is 1. The van der Waals surface area contributed by atoms with Crippen molar-refractivity contribution in [3.63, 3.8) is 0 Å². The molecular weight excluding hydrogens is 487 g/mol. The van der Waals surface area contributed by atoms with Gasteiger partial charge in [0.1, 0.15) is 11.5 Å². The fourth-order valence-electron chi connectivity index (χ4n) is 2.35. The number of guanidine groups is 1. The highest BCUT2D eigenvalue weighted by Gasteiger charge is 2.01. The van der Waals surface area contributed by atoms with E-state index in [1.165, 1.54) is 4.88 Å². The molecule has 0 aliphatic carbocycles. The molecule has 3 aromatic rings. The Kier molecular flexibility index (Phi) is 9.02. The normalized spacial score (nSPS) is 10.8. The van der Waals surface area contributed by atoms with Gasteiger partial charge in [-0.3, -0.25) is 0 Å². The molecule has 0 radical (unpaired) electrons. The van der Waals surface area contributed by atoms with Gasteiger partial charge in [-0.05, 0) is 35.6 Å². The number of halogens is 1. The van der Waals surface area contributed by atoms with Crippen molar-refractivity contribution < 1.29 is 9.47 Å². The molecule has 28 heavy (non-hydrogen) atoms. The van der Waals surface area contributed by atoms with Gasteiger partial charge in [-0.2, -0.15) is 0 Å². The lowest BCUT2D eigenvalue weighted by Crippen LogP contribution is -2.33. The van der Waals surface area contributed by atoms with Crippen molar-refractivity contribution in [2.24, 2.45) is 10.7 Å². The Hall–Kier alpha value is -2.33. The van der Waals surface area contributed by atoms with Gasteiger partial charge in [-0.15, -0.1) is 35.3 Å². The Morgan fingerprint density at radius 1 is 1.18 bits per heavy atom. The average molecular weight is 510 g/mol. The number of aliphatic imine (C=N–C) groups is 1. The summed E-state index contributed by atoms with van der Waals surface area (Å²) in [5, 5.41) is 5.19. The van der Waals surface area contributed by atoms with Crippen LogP contribution in [-0.4, -0.2) is 24.6 Å². The van der Waals surface area contributed by atoms with Crippen LogP contribution in [-0.2, 0) is 13.0 Å². The van der Waals surface area contributed by atoms with Gasteiger partial charge in [0.15, 0.2) is 5.96 Å². The van der Waals surface area contributed by atoms with Crippen LogP contribution < -0.4 is 20.5 Å². The lowest BCUT2D eigenvalue weighted by Gasteiger charge is -2.07. The molecule has 0 aliphatic heterocycles. The number of hydrogen-bond acceptors (Lipinski definition) is 5. The van der Waals surface area contributed by atoms with Crippen molar-refractivity contribution in [3.05, 3.63) is 70.5 Å². The van der Waals surface area contributed by atoms with Crippen LogP contribution in [0.2, 0.25) is 0 Å². The standard InChI is InChI=1S/C20H22N4O2S.HI/c1-25-16-4-2-5-17(12-16)26-19-8-7-15(13-23-19)14-24-20(21)22-10-9-18-6-3-11-27-18;/h2-8,11-13H,9-10,14H2,1H3,(H3,21,22,24);1H. The molecule has 2 heterocycles. The summed E-state index contributed by atoms with van der Waals surface area (Å²) in [6.45, 7) is 1.23. The Balaban J connectivity index is 0.00000280. The van der Waals surface area contributed by atoms with E-state index in [1.807, 2.05) is 42.5 Å². The molecule has 8 heteroatoms. The molecule has 3 rings (SSSR count). The van der Waals surface area contributed by atoms with E-state index in [4.69, 9.17) is 15.2 Å². The smallest absolute Gasteiger partial charge is 0.219 e. The van der Waals surface area contributed by atoms with Crippen molar-refractivity contribution >= 4 is 41.3 Å². The van der Waals surface area contributed by atoms with Crippen LogP contribution in [0.4, 0.5) is 0 Å². The number of rotatable bonds is 8. The maximum atomic E-state index is 5.91. The molecule has 3 N–H and O–H groups in total. The molecule has 0 fully saturated rings. The predicted octanol–water partition coefficient (Wildman–Crippen LogP) is 4.21. The maximum absolute atomic E-state index is 5.91. The highest BCUT2D eigenvalue weighted by Crippen LogP contribution is 2.23. The molecule has 2 aromatic heterocycles. The summed E-state index contributed by atoms with van der Waals surface area (Å²) in [5.74, 6) is 2.36. The number of benzene rings is 1. The van der Waals surface area contributed by atoms with E-state index in [0.717, 1.165) is 24.3 Å². The monoisotopic (exact) mass is 510 g/mol.